The highest BCUT2D eigenvalue weighted by atomic mass is 32.1. The van der Waals surface area contributed by atoms with Crippen molar-refractivity contribution in [2.45, 2.75) is 5.92 Å². The zero-order chi connectivity index (χ0) is 13.2. The van der Waals surface area contributed by atoms with E-state index < -0.39 is 5.92 Å². The van der Waals surface area contributed by atoms with Gasteiger partial charge in [0.25, 0.3) is 0 Å². The summed E-state index contributed by atoms with van der Waals surface area (Å²) in [6, 6.07) is 5.42. The highest BCUT2D eigenvalue weighted by Gasteiger charge is 2.28. The van der Waals surface area contributed by atoms with Crippen LogP contribution in [0.4, 0.5) is 0 Å². The first-order valence-electron chi connectivity index (χ1n) is 5.66. The van der Waals surface area contributed by atoms with Gasteiger partial charge in [-0.25, -0.2) is 4.98 Å². The molecule has 1 unspecified atom stereocenters. The molecular formula is C13H11NO4S. The summed E-state index contributed by atoms with van der Waals surface area (Å²) < 4.78 is 15.5. The van der Waals surface area contributed by atoms with Crippen molar-refractivity contribution < 1.29 is 19.0 Å². The zero-order valence-electron chi connectivity index (χ0n) is 10.2. The second-order valence-electron chi connectivity index (χ2n) is 3.94. The van der Waals surface area contributed by atoms with Crippen LogP contribution in [0.5, 0.6) is 11.5 Å². The Bertz CT molecular complexity index is 597. The van der Waals surface area contributed by atoms with E-state index in [0.29, 0.717) is 16.5 Å². The molecule has 1 aromatic carbocycles. The van der Waals surface area contributed by atoms with Crippen molar-refractivity contribution in [2.75, 3.05) is 13.9 Å². The maximum atomic E-state index is 12.0. The summed E-state index contributed by atoms with van der Waals surface area (Å²) >= 11 is 1.42. The molecule has 0 amide bonds. The molecular weight excluding hydrogens is 266 g/mol. The Labute approximate surface area is 113 Å². The molecule has 1 aromatic heterocycles. The fourth-order valence-corrected chi connectivity index (χ4v) is 2.72. The van der Waals surface area contributed by atoms with Gasteiger partial charge in [0.1, 0.15) is 10.9 Å². The number of thiazole rings is 1. The number of carbonyl (C=O) groups excluding carboxylic acids is 1. The summed E-state index contributed by atoms with van der Waals surface area (Å²) in [5.41, 5.74) is 0.783. The van der Waals surface area contributed by atoms with Crippen LogP contribution in [0.15, 0.2) is 29.8 Å². The van der Waals surface area contributed by atoms with Crippen LogP contribution in [0.2, 0.25) is 0 Å². The van der Waals surface area contributed by atoms with Crippen LogP contribution in [-0.2, 0) is 9.53 Å². The van der Waals surface area contributed by atoms with E-state index in [0.717, 1.165) is 5.56 Å². The third-order valence-electron chi connectivity index (χ3n) is 2.87. The van der Waals surface area contributed by atoms with Gasteiger partial charge in [0.2, 0.25) is 6.79 Å². The van der Waals surface area contributed by atoms with Crippen molar-refractivity contribution in [1.82, 2.24) is 4.98 Å². The van der Waals surface area contributed by atoms with Crippen LogP contribution >= 0.6 is 11.3 Å². The SMILES string of the molecule is COC(=O)C(c1ccc2c(c1)OCO2)c1nccs1. The molecule has 2 heterocycles. The van der Waals surface area contributed by atoms with Gasteiger partial charge in [0.15, 0.2) is 11.5 Å². The molecule has 0 saturated carbocycles. The van der Waals surface area contributed by atoms with Gasteiger partial charge >= 0.3 is 5.97 Å². The molecule has 0 spiro atoms. The van der Waals surface area contributed by atoms with Gasteiger partial charge in [-0.2, -0.15) is 0 Å². The van der Waals surface area contributed by atoms with Crippen molar-refractivity contribution in [3.63, 3.8) is 0 Å². The number of benzene rings is 1. The van der Waals surface area contributed by atoms with Crippen molar-refractivity contribution in [2.24, 2.45) is 0 Å². The normalized spacial score (nSPS) is 14.2. The van der Waals surface area contributed by atoms with E-state index >= 15 is 0 Å². The van der Waals surface area contributed by atoms with E-state index in [2.05, 4.69) is 4.98 Å². The molecule has 1 aliphatic rings. The van der Waals surface area contributed by atoms with E-state index in [-0.39, 0.29) is 12.8 Å². The van der Waals surface area contributed by atoms with Crippen LogP contribution in [0.1, 0.15) is 16.5 Å². The Morgan fingerprint density at radius 3 is 3.00 bits per heavy atom. The lowest BCUT2D eigenvalue weighted by Gasteiger charge is -2.12. The van der Waals surface area contributed by atoms with E-state index in [4.69, 9.17) is 14.2 Å². The highest BCUT2D eigenvalue weighted by molar-refractivity contribution is 7.09. The number of hydrogen-bond donors (Lipinski definition) is 0. The number of ether oxygens (including phenoxy) is 3. The Hall–Kier alpha value is -2.08. The summed E-state index contributed by atoms with van der Waals surface area (Å²) in [5.74, 6) is 0.461. The molecule has 0 bridgehead atoms. The molecule has 3 rings (SSSR count). The lowest BCUT2D eigenvalue weighted by molar-refractivity contribution is -0.141. The number of methoxy groups -OCH3 is 1. The average Bonchev–Trinajstić information content (AvgIpc) is 3.08. The van der Waals surface area contributed by atoms with Gasteiger partial charge in [-0.15, -0.1) is 11.3 Å². The Morgan fingerprint density at radius 1 is 1.42 bits per heavy atom. The van der Waals surface area contributed by atoms with Gasteiger partial charge in [-0.05, 0) is 17.7 Å². The number of carbonyl (C=O) groups is 1. The summed E-state index contributed by atoms with van der Waals surface area (Å²) in [6.45, 7) is 0.207. The quantitative estimate of drug-likeness (QED) is 0.805. The van der Waals surface area contributed by atoms with Crippen LogP contribution in [0, 0.1) is 0 Å². The molecule has 5 nitrogen and oxygen atoms in total. The van der Waals surface area contributed by atoms with E-state index in [1.165, 1.54) is 18.4 Å². The van der Waals surface area contributed by atoms with Crippen molar-refractivity contribution in [1.29, 1.82) is 0 Å². The molecule has 19 heavy (non-hydrogen) atoms. The largest absolute Gasteiger partial charge is 0.468 e. The maximum absolute atomic E-state index is 12.0. The van der Waals surface area contributed by atoms with E-state index in [9.17, 15) is 4.79 Å². The summed E-state index contributed by atoms with van der Waals surface area (Å²) in [6.07, 6.45) is 1.67. The van der Waals surface area contributed by atoms with E-state index in [1.807, 2.05) is 11.4 Å². The van der Waals surface area contributed by atoms with Gasteiger partial charge in [0.05, 0.1) is 7.11 Å². The molecule has 0 fully saturated rings. The molecule has 98 valence electrons. The molecule has 6 heteroatoms. The van der Waals surface area contributed by atoms with Crippen LogP contribution in [-0.4, -0.2) is 24.9 Å². The van der Waals surface area contributed by atoms with Crippen molar-refractivity contribution in [3.05, 3.63) is 40.3 Å². The van der Waals surface area contributed by atoms with Gasteiger partial charge in [-0.3, -0.25) is 4.79 Å². The minimum absolute atomic E-state index is 0.207. The lowest BCUT2D eigenvalue weighted by atomic mass is 9.99. The van der Waals surface area contributed by atoms with Crippen LogP contribution < -0.4 is 9.47 Å². The second-order valence-corrected chi connectivity index (χ2v) is 4.87. The predicted molar refractivity (Wildman–Crippen MR) is 68.5 cm³/mol. The molecule has 0 radical (unpaired) electrons. The van der Waals surface area contributed by atoms with E-state index in [1.54, 1.807) is 18.3 Å². The van der Waals surface area contributed by atoms with Crippen LogP contribution in [0.25, 0.3) is 0 Å². The molecule has 0 N–H and O–H groups in total. The predicted octanol–water partition coefficient (Wildman–Crippen LogP) is 2.18. The molecule has 0 aliphatic carbocycles. The second kappa shape index (κ2) is 4.89. The maximum Gasteiger partial charge on any atom is 0.320 e. The number of fused-ring (bicyclic) bond motifs is 1. The molecule has 2 aromatic rings. The summed E-state index contributed by atoms with van der Waals surface area (Å²) in [7, 11) is 1.37. The van der Waals surface area contributed by atoms with Crippen molar-refractivity contribution in [3.8, 4) is 11.5 Å². The van der Waals surface area contributed by atoms with Gasteiger partial charge < -0.3 is 14.2 Å². The number of rotatable bonds is 3. The number of hydrogen-bond acceptors (Lipinski definition) is 6. The smallest absolute Gasteiger partial charge is 0.320 e. The first kappa shape index (κ1) is 12.0. The first-order valence-corrected chi connectivity index (χ1v) is 6.54. The monoisotopic (exact) mass is 277 g/mol. The number of aromatic nitrogens is 1. The molecule has 0 saturated heterocycles. The third-order valence-corrected chi connectivity index (χ3v) is 3.71. The minimum atomic E-state index is -0.528. The Morgan fingerprint density at radius 2 is 2.26 bits per heavy atom. The summed E-state index contributed by atoms with van der Waals surface area (Å²) in [4.78, 5) is 16.2. The first-order chi connectivity index (χ1) is 9.29. The standard InChI is InChI=1S/C13H11NO4S/c1-16-13(15)11(12-14-4-5-19-12)8-2-3-9-10(6-8)18-7-17-9/h2-6,11H,7H2,1H3. The third kappa shape index (κ3) is 2.15. The Balaban J connectivity index is 2.02. The molecule has 1 atom stereocenters. The van der Waals surface area contributed by atoms with Crippen molar-refractivity contribution >= 4 is 17.3 Å². The van der Waals surface area contributed by atoms with Crippen LogP contribution in [0.3, 0.4) is 0 Å². The minimum Gasteiger partial charge on any atom is -0.468 e. The lowest BCUT2D eigenvalue weighted by Crippen LogP contribution is -2.15. The number of esters is 1. The zero-order valence-corrected chi connectivity index (χ0v) is 11.0. The molecule has 1 aliphatic heterocycles. The van der Waals surface area contributed by atoms with Gasteiger partial charge in [0, 0.05) is 11.6 Å². The number of nitrogens with zero attached hydrogens (tertiary/aromatic N) is 1. The Kier molecular flexibility index (Phi) is 3.08. The average molecular weight is 277 g/mol. The van der Waals surface area contributed by atoms with Gasteiger partial charge in [-0.1, -0.05) is 6.07 Å². The highest BCUT2D eigenvalue weighted by Crippen LogP contribution is 2.37. The topological polar surface area (TPSA) is 57.7 Å². The fourth-order valence-electron chi connectivity index (χ4n) is 1.97. The fraction of sp³-hybridized carbons (Fsp3) is 0.231. The summed E-state index contributed by atoms with van der Waals surface area (Å²) in [5, 5.41) is 2.53.